The smallest absolute Gasteiger partial charge is 0.246 e. The quantitative estimate of drug-likeness (QED) is 0.366. The predicted octanol–water partition coefficient (Wildman–Crippen LogP) is 1.98. The third-order valence-electron chi connectivity index (χ3n) is 6.04. The molecule has 0 bridgehead atoms. The summed E-state index contributed by atoms with van der Waals surface area (Å²) < 4.78 is 0. The van der Waals surface area contributed by atoms with Crippen molar-refractivity contribution >= 4 is 17.7 Å². The van der Waals surface area contributed by atoms with E-state index in [0.29, 0.717) is 6.42 Å². The zero-order valence-electron chi connectivity index (χ0n) is 21.0. The second-order valence-electron chi connectivity index (χ2n) is 9.56. The van der Waals surface area contributed by atoms with Crippen molar-refractivity contribution in [2.75, 3.05) is 6.54 Å². The molecule has 0 aliphatic rings. The summed E-state index contributed by atoms with van der Waals surface area (Å²) in [7, 11) is 0. The summed E-state index contributed by atoms with van der Waals surface area (Å²) in [6, 6.07) is 13.5. The number of rotatable bonds is 12. The van der Waals surface area contributed by atoms with Crippen molar-refractivity contribution in [3.05, 3.63) is 65.7 Å². The zero-order chi connectivity index (χ0) is 26.1. The van der Waals surface area contributed by atoms with Crippen LogP contribution < -0.4 is 16.8 Å². The summed E-state index contributed by atoms with van der Waals surface area (Å²) in [5.41, 5.74) is 13.5. The van der Waals surface area contributed by atoms with Crippen LogP contribution in [0.4, 0.5) is 0 Å². The first kappa shape index (κ1) is 27.9. The number of carbonyl (C=O) groups excluding carboxylic acids is 3. The lowest BCUT2D eigenvalue weighted by atomic mass is 9.97. The van der Waals surface area contributed by atoms with Gasteiger partial charge in [-0.05, 0) is 41.5 Å². The Bertz CT molecular complexity index is 976. The van der Waals surface area contributed by atoms with E-state index in [1.165, 1.54) is 17.0 Å². The Morgan fingerprint density at radius 2 is 1.51 bits per heavy atom. The molecule has 2 rings (SSSR count). The number of nitrogens with one attached hydrogen (secondary N) is 1. The number of primary amides is 1. The van der Waals surface area contributed by atoms with Crippen LogP contribution in [-0.4, -0.2) is 52.4 Å². The maximum Gasteiger partial charge on any atom is 0.246 e. The Morgan fingerprint density at radius 3 is 2.03 bits per heavy atom. The van der Waals surface area contributed by atoms with Crippen LogP contribution in [-0.2, 0) is 27.2 Å². The Labute approximate surface area is 207 Å². The molecule has 0 fully saturated rings. The van der Waals surface area contributed by atoms with E-state index in [2.05, 4.69) is 5.32 Å². The van der Waals surface area contributed by atoms with E-state index >= 15 is 0 Å². The van der Waals surface area contributed by atoms with Crippen LogP contribution in [0.15, 0.2) is 54.6 Å². The van der Waals surface area contributed by atoms with Crippen LogP contribution in [0.1, 0.15) is 38.8 Å². The monoisotopic (exact) mass is 482 g/mol. The molecular formula is C27H38N4O4. The SMILES string of the molecule is CC(C)[C@H](N)C(=O)N[C@@H](Cc1ccc(O)cc1)C(=O)N(CCc1ccccc1)[C@H](C(N)=O)C(C)C. The van der Waals surface area contributed by atoms with Crippen LogP contribution >= 0.6 is 0 Å². The Hall–Kier alpha value is -3.39. The van der Waals surface area contributed by atoms with Crippen molar-refractivity contribution < 1.29 is 19.5 Å². The van der Waals surface area contributed by atoms with E-state index in [-0.39, 0.29) is 30.6 Å². The summed E-state index contributed by atoms with van der Waals surface area (Å²) in [5, 5.41) is 12.4. The summed E-state index contributed by atoms with van der Waals surface area (Å²) in [4.78, 5) is 40.7. The van der Waals surface area contributed by atoms with Crippen LogP contribution in [0.25, 0.3) is 0 Å². The summed E-state index contributed by atoms with van der Waals surface area (Å²) in [6.45, 7) is 7.58. The minimum atomic E-state index is -0.965. The first-order valence-corrected chi connectivity index (χ1v) is 12.0. The molecule has 0 spiro atoms. The topological polar surface area (TPSA) is 139 Å². The third kappa shape index (κ3) is 8.10. The molecule has 0 unspecified atom stereocenters. The molecule has 190 valence electrons. The first-order valence-electron chi connectivity index (χ1n) is 12.0. The van der Waals surface area contributed by atoms with Crippen LogP contribution in [0.2, 0.25) is 0 Å². The van der Waals surface area contributed by atoms with E-state index < -0.39 is 35.8 Å². The van der Waals surface area contributed by atoms with Crippen molar-refractivity contribution in [1.29, 1.82) is 0 Å². The summed E-state index contributed by atoms with van der Waals surface area (Å²) >= 11 is 0. The standard InChI is InChI=1S/C27H38N4O4/c1-17(2)23(28)26(34)30-22(16-20-10-12-21(32)13-11-20)27(35)31(24(18(3)4)25(29)33)15-14-19-8-6-5-7-9-19/h5-13,17-18,22-24,32H,14-16,28H2,1-4H3,(H2,29,33)(H,30,34)/t22-,23-,24-/m0/s1. The molecule has 2 aromatic carbocycles. The number of phenols is 1. The third-order valence-corrected chi connectivity index (χ3v) is 6.04. The number of benzene rings is 2. The highest BCUT2D eigenvalue weighted by Crippen LogP contribution is 2.18. The maximum absolute atomic E-state index is 13.9. The highest BCUT2D eigenvalue weighted by atomic mass is 16.3. The predicted molar refractivity (Wildman–Crippen MR) is 136 cm³/mol. The summed E-state index contributed by atoms with van der Waals surface area (Å²) in [5.74, 6) is -1.70. The molecular weight excluding hydrogens is 444 g/mol. The molecule has 3 amide bonds. The number of phenolic OH excluding ortho intramolecular Hbond substituents is 1. The van der Waals surface area contributed by atoms with Crippen LogP contribution in [0, 0.1) is 11.8 Å². The molecule has 0 heterocycles. The lowest BCUT2D eigenvalue weighted by molar-refractivity contribution is -0.144. The lowest BCUT2D eigenvalue weighted by Gasteiger charge is -2.35. The van der Waals surface area contributed by atoms with Gasteiger partial charge in [0.05, 0.1) is 6.04 Å². The molecule has 0 saturated heterocycles. The number of carbonyl (C=O) groups is 3. The molecule has 35 heavy (non-hydrogen) atoms. The zero-order valence-corrected chi connectivity index (χ0v) is 21.0. The van der Waals surface area contributed by atoms with Gasteiger partial charge in [0.25, 0.3) is 0 Å². The number of nitrogens with zero attached hydrogens (tertiary/aromatic N) is 1. The van der Waals surface area contributed by atoms with Gasteiger partial charge in [0, 0.05) is 13.0 Å². The van der Waals surface area contributed by atoms with Gasteiger partial charge in [-0.2, -0.15) is 0 Å². The highest BCUT2D eigenvalue weighted by Gasteiger charge is 2.36. The fourth-order valence-electron chi connectivity index (χ4n) is 3.96. The summed E-state index contributed by atoms with van der Waals surface area (Å²) in [6.07, 6.45) is 0.690. The van der Waals surface area contributed by atoms with Gasteiger partial charge in [0.1, 0.15) is 17.8 Å². The second-order valence-corrected chi connectivity index (χ2v) is 9.56. The number of hydrogen-bond acceptors (Lipinski definition) is 5. The Balaban J connectivity index is 2.40. The van der Waals surface area contributed by atoms with E-state index in [9.17, 15) is 19.5 Å². The number of amides is 3. The molecule has 0 aliphatic carbocycles. The van der Waals surface area contributed by atoms with Crippen molar-refractivity contribution in [3.63, 3.8) is 0 Å². The molecule has 0 radical (unpaired) electrons. The van der Waals surface area contributed by atoms with Gasteiger partial charge in [-0.1, -0.05) is 70.2 Å². The molecule has 0 saturated carbocycles. The van der Waals surface area contributed by atoms with E-state index in [0.717, 1.165) is 11.1 Å². The van der Waals surface area contributed by atoms with Crippen molar-refractivity contribution in [1.82, 2.24) is 10.2 Å². The molecule has 3 atom stereocenters. The minimum Gasteiger partial charge on any atom is -0.508 e. The van der Waals surface area contributed by atoms with Crippen molar-refractivity contribution in [3.8, 4) is 5.75 Å². The highest BCUT2D eigenvalue weighted by molar-refractivity contribution is 5.93. The fourth-order valence-corrected chi connectivity index (χ4v) is 3.96. The molecule has 6 N–H and O–H groups in total. The van der Waals surface area contributed by atoms with Gasteiger partial charge in [-0.15, -0.1) is 0 Å². The molecule has 8 nitrogen and oxygen atoms in total. The number of aromatic hydroxyl groups is 1. The van der Waals surface area contributed by atoms with E-state index in [1.54, 1.807) is 12.1 Å². The number of hydrogen-bond donors (Lipinski definition) is 4. The minimum absolute atomic E-state index is 0.0978. The van der Waals surface area contributed by atoms with E-state index in [1.807, 2.05) is 58.0 Å². The van der Waals surface area contributed by atoms with Gasteiger partial charge in [0.15, 0.2) is 0 Å². The van der Waals surface area contributed by atoms with Gasteiger partial charge in [0.2, 0.25) is 17.7 Å². The molecule has 8 heteroatoms. The Kier molecular flexibility index (Phi) is 10.3. The number of nitrogens with two attached hydrogens (primary N) is 2. The van der Waals surface area contributed by atoms with Gasteiger partial charge < -0.3 is 26.8 Å². The Morgan fingerprint density at radius 1 is 0.914 bits per heavy atom. The van der Waals surface area contributed by atoms with Crippen LogP contribution in [0.5, 0.6) is 5.75 Å². The van der Waals surface area contributed by atoms with Crippen molar-refractivity contribution in [2.45, 2.75) is 58.7 Å². The maximum atomic E-state index is 13.9. The molecule has 2 aromatic rings. The molecule has 0 aliphatic heterocycles. The van der Waals surface area contributed by atoms with Crippen molar-refractivity contribution in [2.24, 2.45) is 23.3 Å². The van der Waals surface area contributed by atoms with Gasteiger partial charge in [-0.25, -0.2) is 0 Å². The second kappa shape index (κ2) is 12.9. The average Bonchev–Trinajstić information content (AvgIpc) is 2.81. The lowest BCUT2D eigenvalue weighted by Crippen LogP contribution is -2.59. The van der Waals surface area contributed by atoms with Crippen LogP contribution in [0.3, 0.4) is 0 Å². The normalized spacial score (nSPS) is 13.8. The first-order chi connectivity index (χ1) is 16.5. The molecule has 0 aromatic heterocycles. The van der Waals surface area contributed by atoms with Gasteiger partial charge >= 0.3 is 0 Å². The van der Waals surface area contributed by atoms with E-state index in [4.69, 9.17) is 11.5 Å². The van der Waals surface area contributed by atoms with Gasteiger partial charge in [-0.3, -0.25) is 14.4 Å². The fraction of sp³-hybridized carbons (Fsp3) is 0.444. The largest absolute Gasteiger partial charge is 0.508 e. The average molecular weight is 483 g/mol.